The summed E-state index contributed by atoms with van der Waals surface area (Å²) in [5, 5.41) is 4.80. The quantitative estimate of drug-likeness (QED) is 0.281. The Hall–Kier alpha value is -1.16. The average Bonchev–Trinajstić information content (AvgIpc) is 2.08. The predicted octanol–water partition coefficient (Wildman–Crippen LogP) is 0.510. The summed E-state index contributed by atoms with van der Waals surface area (Å²) in [6.07, 6.45) is 1.88. The molecule has 0 unspecified atom stereocenters. The second-order valence-corrected chi connectivity index (χ2v) is 3.33. The molecule has 0 amide bonds. The molecule has 1 heterocycles. The van der Waals surface area contributed by atoms with Gasteiger partial charge in [-0.25, -0.2) is 0 Å². The van der Waals surface area contributed by atoms with Gasteiger partial charge >= 0.3 is 0 Å². The van der Waals surface area contributed by atoms with Crippen molar-refractivity contribution in [2.45, 2.75) is 6.92 Å². The second kappa shape index (κ2) is 4.18. The van der Waals surface area contributed by atoms with Crippen LogP contribution in [0.5, 0.6) is 0 Å². The van der Waals surface area contributed by atoms with Gasteiger partial charge in [0.15, 0.2) is 0 Å². The number of hydrogen-bond acceptors (Lipinski definition) is 2. The fraction of sp³-hybridized carbons (Fsp3) is 0.333. The van der Waals surface area contributed by atoms with Crippen molar-refractivity contribution in [3.8, 4) is 0 Å². The van der Waals surface area contributed by atoms with E-state index in [-0.39, 0.29) is 0 Å². The van der Waals surface area contributed by atoms with Crippen LogP contribution in [0.4, 0.5) is 0 Å². The van der Waals surface area contributed by atoms with E-state index in [0.717, 1.165) is 5.69 Å². The fourth-order valence-corrected chi connectivity index (χ4v) is 0.902. The van der Waals surface area contributed by atoms with Gasteiger partial charge in [0.2, 0.25) is 11.9 Å². The van der Waals surface area contributed by atoms with Crippen molar-refractivity contribution in [1.29, 1.82) is 0 Å². The van der Waals surface area contributed by atoms with Crippen LogP contribution in [0.25, 0.3) is 0 Å². The van der Waals surface area contributed by atoms with Crippen molar-refractivity contribution < 1.29 is 4.68 Å². The zero-order chi connectivity index (χ0) is 9.84. The minimum atomic E-state index is 0.569. The predicted molar refractivity (Wildman–Crippen MR) is 55.3 cm³/mol. The fourth-order valence-electron chi connectivity index (χ4n) is 0.814. The number of aromatic nitrogens is 1. The van der Waals surface area contributed by atoms with Gasteiger partial charge in [0.05, 0.1) is 0 Å². The van der Waals surface area contributed by atoms with Crippen molar-refractivity contribution in [2.75, 3.05) is 14.1 Å². The van der Waals surface area contributed by atoms with Crippen LogP contribution >= 0.6 is 0 Å². The standard InChI is InChI=1S/C9H13N3S/c1-8-6-4-5-7-12(8)10-9(13)11(2)3/h4-7H,1-3H3. The lowest BCUT2D eigenvalue weighted by Gasteiger charge is -2.16. The Kier molecular flexibility index (Phi) is 3.19. The Morgan fingerprint density at radius 3 is 2.69 bits per heavy atom. The van der Waals surface area contributed by atoms with Crippen LogP contribution in [-0.2, 0) is 12.6 Å². The Morgan fingerprint density at radius 1 is 1.46 bits per heavy atom. The first-order chi connectivity index (χ1) is 6.11. The van der Waals surface area contributed by atoms with Crippen molar-refractivity contribution in [3.63, 3.8) is 0 Å². The summed E-state index contributed by atoms with van der Waals surface area (Å²) in [7, 11) is 3.76. The molecule has 0 spiro atoms. The molecule has 3 nitrogen and oxygen atoms in total. The van der Waals surface area contributed by atoms with E-state index in [1.165, 1.54) is 0 Å². The molecule has 0 saturated heterocycles. The largest absolute Gasteiger partial charge is 0.737 e. The molecule has 13 heavy (non-hydrogen) atoms. The normalized spacial score (nSPS) is 11.5. The maximum Gasteiger partial charge on any atom is 0.211 e. The number of nitrogens with zero attached hydrogens (tertiary/aromatic N) is 3. The zero-order valence-electron chi connectivity index (χ0n) is 8.06. The summed E-state index contributed by atoms with van der Waals surface area (Å²) < 4.78 is 1.77. The molecule has 0 aliphatic carbocycles. The third kappa shape index (κ3) is 2.66. The van der Waals surface area contributed by atoms with Gasteiger partial charge in [0, 0.05) is 38.3 Å². The maximum atomic E-state index is 5.06. The van der Waals surface area contributed by atoms with E-state index in [1.807, 2.05) is 45.4 Å². The first-order valence-electron chi connectivity index (χ1n) is 4.02. The molecule has 0 fully saturated rings. The van der Waals surface area contributed by atoms with Gasteiger partial charge in [0.25, 0.3) is 0 Å². The Morgan fingerprint density at radius 2 is 2.15 bits per heavy atom. The van der Waals surface area contributed by atoms with Gasteiger partial charge in [-0.2, -0.15) is 0 Å². The first-order valence-corrected chi connectivity index (χ1v) is 4.42. The lowest BCUT2D eigenvalue weighted by Crippen LogP contribution is -2.35. The lowest BCUT2D eigenvalue weighted by molar-refractivity contribution is -0.685. The monoisotopic (exact) mass is 195 g/mol. The number of aryl methyl sites for hydroxylation is 1. The highest BCUT2D eigenvalue weighted by Gasteiger charge is 2.01. The summed E-state index contributed by atoms with van der Waals surface area (Å²) in [5.41, 5.74) is 1.06. The van der Waals surface area contributed by atoms with E-state index in [4.69, 9.17) is 12.6 Å². The highest BCUT2D eigenvalue weighted by Crippen LogP contribution is 1.88. The molecule has 4 heteroatoms. The number of amidine groups is 1. The number of hydrogen-bond donors (Lipinski definition) is 0. The molecular formula is C9H13N3S. The average molecular weight is 195 g/mol. The van der Waals surface area contributed by atoms with Crippen LogP contribution < -0.4 is 4.68 Å². The van der Waals surface area contributed by atoms with Gasteiger partial charge in [0.1, 0.15) is 0 Å². The van der Waals surface area contributed by atoms with Crippen LogP contribution in [0.15, 0.2) is 29.5 Å². The van der Waals surface area contributed by atoms with E-state index >= 15 is 0 Å². The molecule has 0 bridgehead atoms. The Labute approximate surface area is 84.1 Å². The molecule has 0 saturated carbocycles. The van der Waals surface area contributed by atoms with E-state index in [0.29, 0.717) is 5.17 Å². The third-order valence-corrected chi connectivity index (χ3v) is 2.06. The van der Waals surface area contributed by atoms with Gasteiger partial charge in [-0.3, -0.25) is 0 Å². The van der Waals surface area contributed by atoms with Gasteiger partial charge in [-0.15, -0.1) is 0 Å². The molecule has 1 aromatic rings. The van der Waals surface area contributed by atoms with Crippen LogP contribution in [-0.4, -0.2) is 24.2 Å². The van der Waals surface area contributed by atoms with Crippen LogP contribution in [0.1, 0.15) is 5.69 Å². The number of rotatable bonds is 1. The molecule has 70 valence electrons. The zero-order valence-corrected chi connectivity index (χ0v) is 8.88. The Balaban J connectivity index is 2.97. The summed E-state index contributed by atoms with van der Waals surface area (Å²) in [6, 6.07) is 5.89. The first kappa shape index (κ1) is 9.92. The van der Waals surface area contributed by atoms with Crippen molar-refractivity contribution in [1.82, 2.24) is 4.90 Å². The summed E-state index contributed by atoms with van der Waals surface area (Å²) >= 11 is 5.06. The molecule has 0 aromatic carbocycles. The van der Waals surface area contributed by atoms with Crippen molar-refractivity contribution >= 4 is 17.8 Å². The van der Waals surface area contributed by atoms with Crippen LogP contribution in [0, 0.1) is 6.92 Å². The minimum Gasteiger partial charge on any atom is -0.737 e. The topological polar surface area (TPSA) is 19.5 Å². The molecule has 0 atom stereocenters. The second-order valence-electron chi connectivity index (χ2n) is 2.96. The molecule has 1 rings (SSSR count). The lowest BCUT2D eigenvalue weighted by atomic mass is 10.4. The molecule has 1 aromatic heterocycles. The number of pyridine rings is 1. The smallest absolute Gasteiger partial charge is 0.211 e. The van der Waals surface area contributed by atoms with E-state index in [9.17, 15) is 0 Å². The van der Waals surface area contributed by atoms with Crippen molar-refractivity contribution in [2.24, 2.45) is 5.10 Å². The van der Waals surface area contributed by atoms with Gasteiger partial charge in [-0.1, -0.05) is 4.68 Å². The molecule has 0 aliphatic rings. The van der Waals surface area contributed by atoms with Crippen LogP contribution in [0.2, 0.25) is 0 Å². The highest BCUT2D eigenvalue weighted by atomic mass is 32.1. The molecule has 0 aliphatic heterocycles. The van der Waals surface area contributed by atoms with Crippen molar-refractivity contribution in [3.05, 3.63) is 30.1 Å². The Bertz CT molecular complexity index is 320. The molecular weight excluding hydrogens is 182 g/mol. The third-order valence-electron chi connectivity index (χ3n) is 1.61. The summed E-state index contributed by atoms with van der Waals surface area (Å²) in [5.74, 6) is 0. The van der Waals surface area contributed by atoms with E-state index < -0.39 is 0 Å². The minimum absolute atomic E-state index is 0.569. The molecule has 0 N–H and O–H groups in total. The van der Waals surface area contributed by atoms with Gasteiger partial charge < -0.3 is 17.5 Å². The maximum absolute atomic E-state index is 5.06. The van der Waals surface area contributed by atoms with Crippen LogP contribution in [0.3, 0.4) is 0 Å². The highest BCUT2D eigenvalue weighted by molar-refractivity contribution is 7.77. The van der Waals surface area contributed by atoms with E-state index in [2.05, 4.69) is 5.10 Å². The van der Waals surface area contributed by atoms with E-state index in [1.54, 1.807) is 9.58 Å². The SMILES string of the molecule is Cc1cccc[n+]1/N=C(\[S-])N(C)C. The summed E-state index contributed by atoms with van der Waals surface area (Å²) in [4.78, 5) is 1.80. The summed E-state index contributed by atoms with van der Waals surface area (Å²) in [6.45, 7) is 1.99. The van der Waals surface area contributed by atoms with Gasteiger partial charge in [-0.05, 0) is 11.2 Å². The molecule has 0 radical (unpaired) electrons.